The SMILES string of the molecule is CC(C)C(=O)c1cnc2ccc(Br)cc2c1Nc1ccc(CN(C)C)cc1. The molecule has 4 nitrogen and oxygen atoms in total. The van der Waals surface area contributed by atoms with E-state index in [1.54, 1.807) is 6.20 Å². The number of rotatable bonds is 6. The Bertz CT molecular complexity index is 965. The van der Waals surface area contributed by atoms with Gasteiger partial charge >= 0.3 is 0 Å². The summed E-state index contributed by atoms with van der Waals surface area (Å²) in [4.78, 5) is 19.4. The summed E-state index contributed by atoms with van der Waals surface area (Å²) in [7, 11) is 4.11. The highest BCUT2D eigenvalue weighted by Gasteiger charge is 2.18. The maximum Gasteiger partial charge on any atom is 0.169 e. The molecule has 0 aliphatic carbocycles. The van der Waals surface area contributed by atoms with E-state index in [1.165, 1.54) is 5.56 Å². The Labute approximate surface area is 168 Å². The second kappa shape index (κ2) is 8.19. The third-order valence-electron chi connectivity index (χ3n) is 4.34. The number of aromatic nitrogens is 1. The van der Waals surface area contributed by atoms with Crippen LogP contribution in [0.4, 0.5) is 11.4 Å². The van der Waals surface area contributed by atoms with Gasteiger partial charge in [-0.05, 0) is 50.0 Å². The molecule has 27 heavy (non-hydrogen) atoms. The van der Waals surface area contributed by atoms with Gasteiger partial charge in [0.1, 0.15) is 0 Å². The van der Waals surface area contributed by atoms with Gasteiger partial charge in [0.2, 0.25) is 0 Å². The summed E-state index contributed by atoms with van der Waals surface area (Å²) in [5.74, 6) is -0.0180. The summed E-state index contributed by atoms with van der Waals surface area (Å²) < 4.78 is 0.954. The minimum absolute atomic E-state index is 0.0797. The highest BCUT2D eigenvalue weighted by molar-refractivity contribution is 9.10. The van der Waals surface area contributed by atoms with E-state index in [-0.39, 0.29) is 11.7 Å². The van der Waals surface area contributed by atoms with Crippen molar-refractivity contribution in [1.29, 1.82) is 0 Å². The first-order valence-corrected chi connectivity index (χ1v) is 9.77. The average Bonchev–Trinajstić information content (AvgIpc) is 2.62. The van der Waals surface area contributed by atoms with Crippen molar-refractivity contribution < 1.29 is 4.79 Å². The molecule has 0 saturated carbocycles. The van der Waals surface area contributed by atoms with Gasteiger partial charge in [0.05, 0.1) is 16.8 Å². The third kappa shape index (κ3) is 4.54. The zero-order valence-corrected chi connectivity index (χ0v) is 17.7. The number of halogens is 1. The van der Waals surface area contributed by atoms with Gasteiger partial charge in [0, 0.05) is 34.2 Å². The second-order valence-corrected chi connectivity index (χ2v) is 8.20. The Morgan fingerprint density at radius 1 is 1.15 bits per heavy atom. The normalized spacial score (nSPS) is 11.4. The van der Waals surface area contributed by atoms with Crippen LogP contribution >= 0.6 is 15.9 Å². The Morgan fingerprint density at radius 2 is 1.85 bits per heavy atom. The van der Waals surface area contributed by atoms with Gasteiger partial charge in [-0.25, -0.2) is 0 Å². The number of pyridine rings is 1. The van der Waals surface area contributed by atoms with Gasteiger partial charge in [-0.15, -0.1) is 0 Å². The van der Waals surface area contributed by atoms with Gasteiger partial charge < -0.3 is 10.2 Å². The first kappa shape index (κ1) is 19.5. The van der Waals surface area contributed by atoms with Gasteiger partial charge in [-0.2, -0.15) is 0 Å². The topological polar surface area (TPSA) is 45.2 Å². The predicted molar refractivity (Wildman–Crippen MR) is 116 cm³/mol. The minimum Gasteiger partial charge on any atom is -0.354 e. The van der Waals surface area contributed by atoms with Crippen LogP contribution in [0.5, 0.6) is 0 Å². The molecule has 0 atom stereocenters. The van der Waals surface area contributed by atoms with Crippen molar-refractivity contribution in [2.45, 2.75) is 20.4 Å². The van der Waals surface area contributed by atoms with Crippen molar-refractivity contribution in [2.75, 3.05) is 19.4 Å². The molecule has 5 heteroatoms. The molecule has 0 fully saturated rings. The lowest BCUT2D eigenvalue weighted by Crippen LogP contribution is -2.12. The molecular weight excluding hydrogens is 402 g/mol. The molecule has 1 aromatic heterocycles. The molecule has 0 unspecified atom stereocenters. The Kier molecular flexibility index (Phi) is 5.92. The highest BCUT2D eigenvalue weighted by atomic mass is 79.9. The van der Waals surface area contributed by atoms with Crippen LogP contribution in [0, 0.1) is 5.92 Å². The minimum atomic E-state index is -0.0978. The van der Waals surface area contributed by atoms with E-state index in [1.807, 2.05) is 44.2 Å². The molecular formula is C22H24BrN3O. The monoisotopic (exact) mass is 425 g/mol. The third-order valence-corrected chi connectivity index (χ3v) is 4.84. The lowest BCUT2D eigenvalue weighted by Gasteiger charge is -2.16. The number of fused-ring (bicyclic) bond motifs is 1. The molecule has 0 radical (unpaired) electrons. The van der Waals surface area contributed by atoms with Crippen LogP contribution in [0.25, 0.3) is 10.9 Å². The first-order chi connectivity index (χ1) is 12.8. The molecule has 0 saturated heterocycles. The van der Waals surface area contributed by atoms with E-state index in [4.69, 9.17) is 0 Å². The molecule has 2 aromatic carbocycles. The van der Waals surface area contributed by atoms with Crippen LogP contribution in [0.1, 0.15) is 29.8 Å². The molecule has 0 aliphatic rings. The number of nitrogens with one attached hydrogen (secondary N) is 1. The number of anilines is 2. The van der Waals surface area contributed by atoms with E-state index >= 15 is 0 Å². The van der Waals surface area contributed by atoms with E-state index in [9.17, 15) is 4.79 Å². The van der Waals surface area contributed by atoms with Crippen molar-refractivity contribution >= 4 is 44.0 Å². The summed E-state index contributed by atoms with van der Waals surface area (Å²) in [6.45, 7) is 4.71. The lowest BCUT2D eigenvalue weighted by molar-refractivity contribution is 0.0940. The summed E-state index contributed by atoms with van der Waals surface area (Å²) in [5.41, 5.74) is 4.47. The number of benzene rings is 2. The predicted octanol–water partition coefficient (Wildman–Crippen LogP) is 5.64. The Morgan fingerprint density at radius 3 is 2.48 bits per heavy atom. The average molecular weight is 426 g/mol. The molecule has 3 aromatic rings. The van der Waals surface area contributed by atoms with E-state index in [0.29, 0.717) is 5.56 Å². The van der Waals surface area contributed by atoms with Crippen molar-refractivity contribution in [2.24, 2.45) is 5.92 Å². The van der Waals surface area contributed by atoms with E-state index in [0.717, 1.165) is 33.3 Å². The van der Waals surface area contributed by atoms with Crippen LogP contribution in [-0.2, 0) is 6.54 Å². The zero-order valence-electron chi connectivity index (χ0n) is 16.1. The summed E-state index contributed by atoms with van der Waals surface area (Å²) in [6, 6.07) is 14.2. The fourth-order valence-corrected chi connectivity index (χ4v) is 3.36. The molecule has 0 bridgehead atoms. The molecule has 0 spiro atoms. The fourth-order valence-electron chi connectivity index (χ4n) is 3.00. The van der Waals surface area contributed by atoms with Crippen LogP contribution in [0.2, 0.25) is 0 Å². The van der Waals surface area contributed by atoms with Gasteiger partial charge in [-0.3, -0.25) is 9.78 Å². The smallest absolute Gasteiger partial charge is 0.169 e. The van der Waals surface area contributed by atoms with Crippen LogP contribution in [0.3, 0.4) is 0 Å². The van der Waals surface area contributed by atoms with Gasteiger partial charge in [-0.1, -0.05) is 41.9 Å². The van der Waals surface area contributed by atoms with Crippen LogP contribution in [0.15, 0.2) is 53.1 Å². The summed E-state index contributed by atoms with van der Waals surface area (Å²) in [6.07, 6.45) is 1.68. The number of carbonyl (C=O) groups excluding carboxylic acids is 1. The number of ketones is 1. The van der Waals surface area contributed by atoms with E-state index in [2.05, 4.69) is 57.4 Å². The highest BCUT2D eigenvalue weighted by Crippen LogP contribution is 2.32. The molecule has 140 valence electrons. The van der Waals surface area contributed by atoms with Gasteiger partial charge in [0.15, 0.2) is 5.78 Å². The summed E-state index contributed by atoms with van der Waals surface area (Å²) >= 11 is 3.53. The fraction of sp³-hybridized carbons (Fsp3) is 0.273. The number of Topliss-reactive ketones (excluding diaryl/α,β-unsaturated/α-hetero) is 1. The largest absolute Gasteiger partial charge is 0.354 e. The number of hydrogen-bond donors (Lipinski definition) is 1. The molecule has 1 heterocycles. The summed E-state index contributed by atoms with van der Waals surface area (Å²) in [5, 5.41) is 4.39. The Hall–Kier alpha value is -2.24. The second-order valence-electron chi connectivity index (χ2n) is 7.29. The lowest BCUT2D eigenvalue weighted by atomic mass is 9.98. The maximum absolute atomic E-state index is 12.8. The number of nitrogens with zero attached hydrogens (tertiary/aromatic N) is 2. The van der Waals surface area contributed by atoms with Crippen molar-refractivity contribution in [1.82, 2.24) is 9.88 Å². The quantitative estimate of drug-likeness (QED) is 0.518. The molecule has 0 aliphatic heterocycles. The standard InChI is InChI=1S/C22H24BrN3O/c1-14(2)22(27)19-12-24-20-10-7-16(23)11-18(20)21(19)25-17-8-5-15(6-9-17)13-26(3)4/h5-12,14H,13H2,1-4H3,(H,24,25). The van der Waals surface area contributed by atoms with Crippen LogP contribution < -0.4 is 5.32 Å². The maximum atomic E-state index is 12.8. The first-order valence-electron chi connectivity index (χ1n) is 8.98. The van der Waals surface area contributed by atoms with Crippen LogP contribution in [-0.4, -0.2) is 29.8 Å². The Balaban J connectivity index is 2.06. The van der Waals surface area contributed by atoms with E-state index < -0.39 is 0 Å². The molecule has 1 N–H and O–H groups in total. The van der Waals surface area contributed by atoms with Crippen molar-refractivity contribution in [3.63, 3.8) is 0 Å². The van der Waals surface area contributed by atoms with Crippen molar-refractivity contribution in [3.05, 3.63) is 64.3 Å². The molecule has 0 amide bonds. The number of hydrogen-bond acceptors (Lipinski definition) is 4. The molecule has 3 rings (SSSR count). The number of carbonyl (C=O) groups is 1. The van der Waals surface area contributed by atoms with Crippen molar-refractivity contribution in [3.8, 4) is 0 Å². The zero-order chi connectivity index (χ0) is 19.6. The van der Waals surface area contributed by atoms with Gasteiger partial charge in [0.25, 0.3) is 0 Å².